The van der Waals surface area contributed by atoms with Gasteiger partial charge in [0.2, 0.25) is 0 Å². The molecule has 2 bridgehead atoms. The maximum atomic E-state index is 13.7. The molecule has 1 heterocycles. The number of carbonyl (C=O) groups excluding carboxylic acids is 3. The molecule has 17 heteroatoms. The van der Waals surface area contributed by atoms with Gasteiger partial charge < -0.3 is 50.1 Å². The maximum absolute atomic E-state index is 13.7. The fourth-order valence-corrected chi connectivity index (χ4v) is 9.15. The Labute approximate surface area is 411 Å². The van der Waals surface area contributed by atoms with E-state index in [2.05, 4.69) is 43.4 Å². The van der Waals surface area contributed by atoms with E-state index >= 15 is 0 Å². The number of aliphatic hydroxyl groups is 7. The number of cyclic esters (lactones) is 1. The minimum atomic E-state index is -5.47. The van der Waals surface area contributed by atoms with E-state index in [9.17, 15) is 59.6 Å². The molecule has 0 aromatic carbocycles. The second kappa shape index (κ2) is 37.0. The fourth-order valence-electron chi connectivity index (χ4n) is 8.18. The number of rotatable bonds is 26. The van der Waals surface area contributed by atoms with Crippen molar-refractivity contribution in [3.05, 3.63) is 60.8 Å². The third kappa shape index (κ3) is 27.0. The molecule has 1 saturated carbocycles. The van der Waals surface area contributed by atoms with E-state index in [1.165, 1.54) is 31.8 Å². The normalized spacial score (nSPS) is 30.5. The van der Waals surface area contributed by atoms with Crippen LogP contribution >= 0.6 is 7.82 Å². The van der Waals surface area contributed by atoms with Crippen molar-refractivity contribution < 1.29 is 78.1 Å². The number of allylic oxidation sites excluding steroid dienone is 8. The Bertz CT molecular complexity index is 1610. The van der Waals surface area contributed by atoms with E-state index in [1.54, 1.807) is 12.2 Å². The zero-order valence-corrected chi connectivity index (χ0v) is 42.2. The SMILES string of the molecule is CCCCCC/C=C\C/C=C\C/C=C\CCCCCCCCC(=O)OC[C@@H]1COP(=O)(O)O[C@H]2[C@H](O)[C@@H](O)[C@H](O)[C@@H](C/C=C\CCCC(=O)O1)[C@@H](O)CC(=O)[C@H](/C=C/[C@@H](O)CCCCC)[C@@H](O)[C@H]2O. The van der Waals surface area contributed by atoms with Crippen LogP contribution in [0.15, 0.2) is 60.8 Å². The highest BCUT2D eigenvalue weighted by Crippen LogP contribution is 2.47. The molecule has 8 N–H and O–H groups in total. The topological polar surface area (TPSA) is 267 Å². The van der Waals surface area contributed by atoms with Crippen molar-refractivity contribution in [2.24, 2.45) is 11.8 Å². The molecule has 0 radical (unpaired) electrons. The number of Topliss-reactive ketones (excluding diaryl/α,β-unsaturated/α-hetero) is 1. The average Bonchev–Trinajstić information content (AvgIpc) is 3.32. The van der Waals surface area contributed by atoms with Crippen LogP contribution in [0.25, 0.3) is 0 Å². The number of hydrogen-bond donors (Lipinski definition) is 8. The summed E-state index contributed by atoms with van der Waals surface area (Å²) in [5.41, 5.74) is 0. The quantitative estimate of drug-likeness (QED) is 0.0181. The molecule has 1 unspecified atom stereocenters. The predicted molar refractivity (Wildman–Crippen MR) is 263 cm³/mol. The lowest BCUT2D eigenvalue weighted by Gasteiger charge is -2.36. The van der Waals surface area contributed by atoms with Crippen LogP contribution in [0.5, 0.6) is 0 Å². The molecular weight excluding hydrogens is 912 g/mol. The highest BCUT2D eigenvalue weighted by atomic mass is 31.2. The van der Waals surface area contributed by atoms with E-state index in [-0.39, 0.29) is 25.7 Å². The fraction of sp³-hybridized carbons (Fsp3) is 0.750. The van der Waals surface area contributed by atoms with Gasteiger partial charge in [0.1, 0.15) is 36.8 Å². The van der Waals surface area contributed by atoms with Gasteiger partial charge in [-0.2, -0.15) is 0 Å². The summed E-state index contributed by atoms with van der Waals surface area (Å²) in [7, 11) is -5.47. The number of phosphoric ester groups is 1. The lowest BCUT2D eigenvalue weighted by Crippen LogP contribution is -2.55. The number of ketones is 1. The molecule has 2 rings (SSSR count). The first kappa shape index (κ1) is 62.3. The number of phosphoric acid groups is 1. The monoisotopic (exact) mass is 999 g/mol. The minimum absolute atomic E-state index is 0.0861. The summed E-state index contributed by atoms with van der Waals surface area (Å²) < 4.78 is 34.6. The number of aliphatic hydroxyl groups excluding tert-OH is 7. The Balaban J connectivity index is 2.03. The predicted octanol–water partition coefficient (Wildman–Crippen LogP) is 7.48. The van der Waals surface area contributed by atoms with E-state index in [0.29, 0.717) is 25.7 Å². The van der Waals surface area contributed by atoms with Crippen LogP contribution in [0, 0.1) is 11.8 Å². The Morgan fingerprint density at radius 2 is 1.36 bits per heavy atom. The molecule has 16 nitrogen and oxygen atoms in total. The van der Waals surface area contributed by atoms with Gasteiger partial charge in [0.25, 0.3) is 0 Å². The minimum Gasteiger partial charge on any atom is -0.462 e. The van der Waals surface area contributed by atoms with Crippen LogP contribution < -0.4 is 0 Å². The van der Waals surface area contributed by atoms with Crippen molar-refractivity contribution in [3.63, 3.8) is 0 Å². The van der Waals surface area contributed by atoms with Gasteiger partial charge in [-0.05, 0) is 70.6 Å². The summed E-state index contributed by atoms with van der Waals surface area (Å²) in [6.45, 7) is 2.78. The molecule has 2 aliphatic rings. The summed E-state index contributed by atoms with van der Waals surface area (Å²) in [5.74, 6) is -5.15. The average molecular weight is 999 g/mol. The lowest BCUT2D eigenvalue weighted by atomic mass is 9.83. The molecule has 1 aliphatic carbocycles. The Morgan fingerprint density at radius 1 is 0.768 bits per heavy atom. The number of fused-ring (bicyclic) bond motifs is 4. The lowest BCUT2D eigenvalue weighted by molar-refractivity contribution is -0.166. The van der Waals surface area contributed by atoms with Crippen LogP contribution in [0.2, 0.25) is 0 Å². The summed E-state index contributed by atoms with van der Waals surface area (Å²) in [6, 6.07) is 0. The van der Waals surface area contributed by atoms with Gasteiger partial charge in [0.15, 0.2) is 6.10 Å². The highest BCUT2D eigenvalue weighted by molar-refractivity contribution is 7.47. The number of hydrogen-bond acceptors (Lipinski definition) is 15. The first-order chi connectivity index (χ1) is 33.1. The standard InChI is InChI=1S/C52H87O16P/c1-3-5-7-8-9-10-11-12-13-14-15-16-17-18-19-20-21-22-23-28-32-45(56)65-37-40-38-66-69(63,64)68-52-50(61)48(59)42(35-34-39(53)30-26-6-4-2)44(55)36-43(54)41(47(58)49(60)51(52)62)31-27-24-25-29-33-46(57)67-40/h10-11,13-14,16-17,24,27,34-35,39-43,47-54,58-62H,3-9,12,15,18-23,25-26,28-33,36-38H2,1-2H3,(H,63,64)/b11-10-,14-13-,17-16-,27-24-,35-34+/t39-,40+,41-,42-,43-,47+,48+,49-,50+,51+,52+/m0/s1. The van der Waals surface area contributed by atoms with Crippen LogP contribution in [-0.4, -0.2) is 127 Å². The number of esters is 2. The third-order valence-electron chi connectivity index (χ3n) is 12.5. The largest absolute Gasteiger partial charge is 0.472 e. The summed E-state index contributed by atoms with van der Waals surface area (Å²) in [6.07, 6.45) is 18.1. The number of unbranched alkanes of at least 4 members (excludes halogenated alkanes) is 12. The second-order valence-corrected chi connectivity index (χ2v) is 19.9. The molecule has 12 atom stereocenters. The van der Waals surface area contributed by atoms with Crippen molar-refractivity contribution in [1.82, 2.24) is 0 Å². The van der Waals surface area contributed by atoms with Gasteiger partial charge in [-0.3, -0.25) is 23.4 Å². The molecule has 0 spiro atoms. The number of carbonyl (C=O) groups is 3. The van der Waals surface area contributed by atoms with Crippen LogP contribution in [0.1, 0.15) is 168 Å². The summed E-state index contributed by atoms with van der Waals surface area (Å²) >= 11 is 0. The van der Waals surface area contributed by atoms with Gasteiger partial charge in [0, 0.05) is 25.2 Å². The van der Waals surface area contributed by atoms with Crippen LogP contribution in [0.4, 0.5) is 0 Å². The van der Waals surface area contributed by atoms with Crippen molar-refractivity contribution in [3.8, 4) is 0 Å². The maximum Gasteiger partial charge on any atom is 0.472 e. The molecule has 1 aliphatic heterocycles. The highest BCUT2D eigenvalue weighted by Gasteiger charge is 2.49. The van der Waals surface area contributed by atoms with Crippen molar-refractivity contribution in [2.75, 3.05) is 13.2 Å². The van der Waals surface area contributed by atoms with E-state index in [4.69, 9.17) is 18.5 Å². The smallest absolute Gasteiger partial charge is 0.462 e. The second-order valence-electron chi connectivity index (χ2n) is 18.5. The summed E-state index contributed by atoms with van der Waals surface area (Å²) in [4.78, 5) is 50.2. The Hall–Kier alpha value is -2.86. The van der Waals surface area contributed by atoms with Crippen LogP contribution in [0.3, 0.4) is 0 Å². The van der Waals surface area contributed by atoms with Gasteiger partial charge in [-0.15, -0.1) is 0 Å². The summed E-state index contributed by atoms with van der Waals surface area (Å²) in [5, 5.41) is 78.4. The van der Waals surface area contributed by atoms with E-state index in [0.717, 1.165) is 76.7 Å². The van der Waals surface area contributed by atoms with Crippen LogP contribution in [-0.2, 0) is 37.5 Å². The van der Waals surface area contributed by atoms with Gasteiger partial charge in [-0.1, -0.05) is 139 Å². The molecule has 69 heavy (non-hydrogen) atoms. The molecule has 0 aromatic heterocycles. The van der Waals surface area contributed by atoms with Gasteiger partial charge >= 0.3 is 19.8 Å². The molecule has 0 saturated heterocycles. The van der Waals surface area contributed by atoms with E-state index in [1.807, 2.05) is 6.92 Å². The molecule has 1 fully saturated rings. The zero-order valence-electron chi connectivity index (χ0n) is 41.3. The van der Waals surface area contributed by atoms with Gasteiger partial charge in [0.05, 0.1) is 36.9 Å². The Morgan fingerprint density at radius 3 is 2.03 bits per heavy atom. The molecular formula is C52H87O16P. The van der Waals surface area contributed by atoms with Gasteiger partial charge in [-0.25, -0.2) is 4.57 Å². The van der Waals surface area contributed by atoms with Crippen molar-refractivity contribution >= 4 is 25.5 Å². The molecule has 0 aromatic rings. The molecule has 396 valence electrons. The first-order valence-corrected chi connectivity index (χ1v) is 27.2. The first-order valence-electron chi connectivity index (χ1n) is 25.7. The van der Waals surface area contributed by atoms with Crippen molar-refractivity contribution in [2.45, 2.75) is 223 Å². The zero-order chi connectivity index (χ0) is 50.9. The Kier molecular flexibility index (Phi) is 33.4. The molecule has 0 amide bonds. The van der Waals surface area contributed by atoms with Crippen molar-refractivity contribution in [1.29, 1.82) is 0 Å². The number of ether oxygens (including phenoxy) is 2. The third-order valence-corrected chi connectivity index (χ3v) is 13.4. The van der Waals surface area contributed by atoms with E-state index < -0.39 is 112 Å².